The highest BCUT2D eigenvalue weighted by Crippen LogP contribution is 2.30. The van der Waals surface area contributed by atoms with Gasteiger partial charge in [-0.15, -0.1) is 0 Å². The first-order valence-electron chi connectivity index (χ1n) is 9.60. The van der Waals surface area contributed by atoms with E-state index < -0.39 is 21.8 Å². The van der Waals surface area contributed by atoms with Crippen LogP contribution in [0.2, 0.25) is 0 Å². The number of carbonyl (C=O) groups excluding carboxylic acids is 1. The summed E-state index contributed by atoms with van der Waals surface area (Å²) in [5, 5.41) is 2.74. The zero-order valence-electron chi connectivity index (χ0n) is 17.2. The molecule has 7 heteroatoms. The molecule has 29 heavy (non-hydrogen) atoms. The molecule has 156 valence electrons. The van der Waals surface area contributed by atoms with Crippen molar-refractivity contribution >= 4 is 21.9 Å². The van der Waals surface area contributed by atoms with E-state index in [1.807, 2.05) is 45.9 Å². The van der Waals surface area contributed by atoms with E-state index in [2.05, 4.69) is 5.32 Å². The number of anilines is 1. The minimum absolute atomic E-state index is 0.0713. The Hall–Kier alpha value is -2.38. The number of hydrogen-bond acceptors (Lipinski definition) is 5. The van der Waals surface area contributed by atoms with Gasteiger partial charge >= 0.3 is 6.09 Å². The minimum Gasteiger partial charge on any atom is -0.444 e. The molecule has 1 aliphatic carbocycles. The maximum absolute atomic E-state index is 12.4. The average Bonchev–Trinajstić information content (AvgIpc) is 3.01. The fourth-order valence-electron chi connectivity index (χ4n) is 3.29. The molecule has 0 radical (unpaired) electrons. The van der Waals surface area contributed by atoms with E-state index in [9.17, 15) is 13.2 Å². The van der Waals surface area contributed by atoms with Crippen LogP contribution in [0.5, 0.6) is 0 Å². The lowest BCUT2D eigenvalue weighted by Crippen LogP contribution is -2.27. The summed E-state index contributed by atoms with van der Waals surface area (Å²) in [6.07, 6.45) is 0.938. The van der Waals surface area contributed by atoms with E-state index in [1.165, 1.54) is 0 Å². The third-order valence-electron chi connectivity index (χ3n) is 4.64. The first kappa shape index (κ1) is 21.3. The Morgan fingerprint density at radius 2 is 1.72 bits per heavy atom. The Labute approximate surface area is 172 Å². The summed E-state index contributed by atoms with van der Waals surface area (Å²) in [4.78, 5) is 12.1. The van der Waals surface area contributed by atoms with Crippen LogP contribution < -0.4 is 5.32 Å². The fraction of sp³-hybridized carbons (Fsp3) is 0.409. The molecule has 1 aliphatic rings. The molecule has 1 amide bonds. The first-order valence-corrected chi connectivity index (χ1v) is 11.0. The second kappa shape index (κ2) is 8.16. The van der Waals surface area contributed by atoms with Gasteiger partial charge in [0.25, 0.3) is 10.1 Å². The molecule has 0 bridgehead atoms. The zero-order valence-corrected chi connectivity index (χ0v) is 18.0. The van der Waals surface area contributed by atoms with Crippen LogP contribution in [0, 0.1) is 12.8 Å². The summed E-state index contributed by atoms with van der Waals surface area (Å²) >= 11 is 0. The van der Waals surface area contributed by atoms with Crippen LogP contribution in [0.15, 0.2) is 47.4 Å². The maximum atomic E-state index is 12.4. The highest BCUT2D eigenvalue weighted by molar-refractivity contribution is 7.86. The average molecular weight is 418 g/mol. The number of fused-ring (bicyclic) bond motifs is 1. The molecular formula is C22H27NO5S. The van der Waals surface area contributed by atoms with E-state index in [4.69, 9.17) is 8.92 Å². The Balaban J connectivity index is 1.58. The van der Waals surface area contributed by atoms with Gasteiger partial charge in [-0.2, -0.15) is 8.42 Å². The van der Waals surface area contributed by atoms with Gasteiger partial charge in [0, 0.05) is 5.69 Å². The standard InChI is InChI=1S/C22H27NO5S/c1-15-5-9-20(10-6-15)29(25,26)27-14-16-11-17-7-8-19(13-18(17)12-16)23-21(24)28-22(2,3)4/h5-10,13,16H,11-12,14H2,1-4H3,(H,23,24)/t16-/m1/s1. The second-order valence-corrected chi connectivity index (χ2v) is 10.1. The summed E-state index contributed by atoms with van der Waals surface area (Å²) in [6, 6.07) is 12.3. The lowest BCUT2D eigenvalue weighted by molar-refractivity contribution is 0.0636. The Kier molecular flexibility index (Phi) is 6.00. The van der Waals surface area contributed by atoms with Crippen molar-refractivity contribution in [3.05, 3.63) is 59.2 Å². The van der Waals surface area contributed by atoms with Gasteiger partial charge in [0.2, 0.25) is 0 Å². The van der Waals surface area contributed by atoms with Gasteiger partial charge in [0.15, 0.2) is 0 Å². The molecule has 6 nitrogen and oxygen atoms in total. The quantitative estimate of drug-likeness (QED) is 0.726. The number of amides is 1. The summed E-state index contributed by atoms with van der Waals surface area (Å²) in [7, 11) is -3.77. The Morgan fingerprint density at radius 3 is 2.38 bits per heavy atom. The first-order chi connectivity index (χ1) is 13.5. The van der Waals surface area contributed by atoms with Crippen molar-refractivity contribution in [2.45, 2.75) is 51.0 Å². The van der Waals surface area contributed by atoms with Crippen molar-refractivity contribution in [1.82, 2.24) is 0 Å². The number of ether oxygens (including phenoxy) is 1. The van der Waals surface area contributed by atoms with Crippen molar-refractivity contribution < 1.29 is 22.1 Å². The number of nitrogens with one attached hydrogen (secondary N) is 1. The number of aryl methyl sites for hydroxylation is 1. The van der Waals surface area contributed by atoms with Crippen molar-refractivity contribution in [2.75, 3.05) is 11.9 Å². The van der Waals surface area contributed by atoms with Crippen LogP contribution >= 0.6 is 0 Å². The molecule has 0 saturated heterocycles. The molecule has 0 aromatic heterocycles. The van der Waals surface area contributed by atoms with Crippen molar-refractivity contribution in [3.8, 4) is 0 Å². The molecule has 0 fully saturated rings. The Morgan fingerprint density at radius 1 is 1.07 bits per heavy atom. The van der Waals surface area contributed by atoms with Crippen LogP contribution in [-0.4, -0.2) is 26.7 Å². The summed E-state index contributed by atoms with van der Waals surface area (Å²) in [6.45, 7) is 7.46. The molecule has 2 aromatic carbocycles. The van der Waals surface area contributed by atoms with Crippen LogP contribution in [-0.2, 0) is 31.9 Å². The van der Waals surface area contributed by atoms with Crippen LogP contribution in [0.3, 0.4) is 0 Å². The van der Waals surface area contributed by atoms with E-state index in [1.54, 1.807) is 24.3 Å². The van der Waals surface area contributed by atoms with Crippen molar-refractivity contribution in [3.63, 3.8) is 0 Å². The lowest BCUT2D eigenvalue weighted by Gasteiger charge is -2.19. The molecule has 1 atom stereocenters. The highest BCUT2D eigenvalue weighted by atomic mass is 32.2. The van der Waals surface area contributed by atoms with Crippen LogP contribution in [0.4, 0.5) is 10.5 Å². The molecule has 3 rings (SSSR count). The largest absolute Gasteiger partial charge is 0.444 e. The van der Waals surface area contributed by atoms with E-state index >= 15 is 0 Å². The molecular weight excluding hydrogens is 390 g/mol. The predicted octanol–water partition coefficient (Wildman–Crippen LogP) is 4.46. The van der Waals surface area contributed by atoms with Crippen LogP contribution in [0.25, 0.3) is 0 Å². The minimum atomic E-state index is -3.77. The number of hydrogen-bond donors (Lipinski definition) is 1. The van der Waals surface area contributed by atoms with Gasteiger partial charge in [-0.25, -0.2) is 4.79 Å². The molecule has 0 saturated carbocycles. The van der Waals surface area contributed by atoms with E-state index in [0.717, 1.165) is 23.1 Å². The van der Waals surface area contributed by atoms with Gasteiger partial charge in [-0.05, 0) is 81.8 Å². The smallest absolute Gasteiger partial charge is 0.412 e. The van der Waals surface area contributed by atoms with Gasteiger partial charge in [-0.3, -0.25) is 9.50 Å². The third kappa shape index (κ3) is 5.81. The van der Waals surface area contributed by atoms with Gasteiger partial charge in [0.1, 0.15) is 5.60 Å². The van der Waals surface area contributed by atoms with Gasteiger partial charge < -0.3 is 4.74 Å². The Bertz CT molecular complexity index is 991. The maximum Gasteiger partial charge on any atom is 0.412 e. The van der Waals surface area contributed by atoms with Crippen molar-refractivity contribution in [1.29, 1.82) is 0 Å². The van der Waals surface area contributed by atoms with E-state index in [-0.39, 0.29) is 17.4 Å². The highest BCUT2D eigenvalue weighted by Gasteiger charge is 2.25. The van der Waals surface area contributed by atoms with Gasteiger partial charge in [-0.1, -0.05) is 23.8 Å². The normalized spacial score (nSPS) is 16.3. The molecule has 0 spiro atoms. The van der Waals surface area contributed by atoms with E-state index in [0.29, 0.717) is 12.1 Å². The zero-order chi connectivity index (χ0) is 21.2. The summed E-state index contributed by atoms with van der Waals surface area (Å²) in [5.41, 5.74) is 3.31. The van der Waals surface area contributed by atoms with Crippen molar-refractivity contribution in [2.24, 2.45) is 5.92 Å². The molecule has 0 heterocycles. The van der Waals surface area contributed by atoms with Gasteiger partial charge in [0.05, 0.1) is 11.5 Å². The number of benzene rings is 2. The van der Waals surface area contributed by atoms with Crippen LogP contribution in [0.1, 0.15) is 37.5 Å². The molecule has 0 unspecified atom stereocenters. The molecule has 0 aliphatic heterocycles. The number of rotatable bonds is 5. The molecule has 1 N–H and O–H groups in total. The summed E-state index contributed by atoms with van der Waals surface area (Å²) in [5.74, 6) is 0.0713. The fourth-order valence-corrected chi connectivity index (χ4v) is 4.26. The monoisotopic (exact) mass is 417 g/mol. The summed E-state index contributed by atoms with van der Waals surface area (Å²) < 4.78 is 35.3. The third-order valence-corrected chi connectivity index (χ3v) is 5.93. The topological polar surface area (TPSA) is 81.7 Å². The SMILES string of the molecule is Cc1ccc(S(=O)(=O)OC[C@@H]2Cc3ccc(NC(=O)OC(C)(C)C)cc3C2)cc1. The predicted molar refractivity (Wildman–Crippen MR) is 112 cm³/mol. The molecule has 2 aromatic rings. The lowest BCUT2D eigenvalue weighted by atomic mass is 10.1. The number of carbonyl (C=O) groups is 1. The second-order valence-electron chi connectivity index (χ2n) is 8.44.